The van der Waals surface area contributed by atoms with E-state index in [-0.39, 0.29) is 11.4 Å². The molecule has 0 amide bonds. The number of nitrogens with zero attached hydrogens (tertiary/aromatic N) is 3. The highest BCUT2D eigenvalue weighted by Crippen LogP contribution is 2.30. The van der Waals surface area contributed by atoms with Crippen molar-refractivity contribution in [2.45, 2.75) is 0 Å². The monoisotopic (exact) mass is 456 g/mol. The highest BCUT2D eigenvalue weighted by Gasteiger charge is 2.14. The van der Waals surface area contributed by atoms with Gasteiger partial charge in [-0.15, -0.1) is 0 Å². The summed E-state index contributed by atoms with van der Waals surface area (Å²) in [5, 5.41) is 3.56. The summed E-state index contributed by atoms with van der Waals surface area (Å²) in [6.45, 7) is 0. The molecule has 0 aliphatic carbocycles. The van der Waals surface area contributed by atoms with Gasteiger partial charge in [0.05, 0.1) is 28.1 Å². The van der Waals surface area contributed by atoms with Gasteiger partial charge in [-0.25, -0.2) is 14.4 Å². The summed E-state index contributed by atoms with van der Waals surface area (Å²) < 4.78 is 20.2. The summed E-state index contributed by atoms with van der Waals surface area (Å²) in [5.74, 6) is 0.621. The number of hydrogen-bond donors (Lipinski definition) is 1. The third kappa shape index (κ3) is 3.57. The van der Waals surface area contributed by atoms with Crippen LogP contribution in [0.5, 0.6) is 5.75 Å². The fourth-order valence-electron chi connectivity index (χ4n) is 2.01. The number of aromatic nitrogens is 3. The highest BCUT2D eigenvalue weighted by atomic mass is 127. The van der Waals surface area contributed by atoms with Crippen LogP contribution >= 0.6 is 34.2 Å². The molecule has 0 bridgehead atoms. The molecule has 122 valence electrons. The SMILES string of the molecule is COc1cnc(-c2cc(Cl)ccc2F)nc1Nc1ccncc1I. The number of pyridine rings is 1. The van der Waals surface area contributed by atoms with Crippen molar-refractivity contribution >= 4 is 45.7 Å². The van der Waals surface area contributed by atoms with Crippen LogP contribution in [0.1, 0.15) is 0 Å². The lowest BCUT2D eigenvalue weighted by molar-refractivity contribution is 0.413. The molecule has 24 heavy (non-hydrogen) atoms. The Morgan fingerprint density at radius 2 is 2.08 bits per heavy atom. The number of anilines is 2. The van der Waals surface area contributed by atoms with Crippen LogP contribution < -0.4 is 10.1 Å². The van der Waals surface area contributed by atoms with E-state index >= 15 is 0 Å². The Bertz CT molecular complexity index is 894. The number of rotatable bonds is 4. The highest BCUT2D eigenvalue weighted by molar-refractivity contribution is 14.1. The molecular formula is C16H11ClFIN4O. The molecule has 1 aromatic carbocycles. The lowest BCUT2D eigenvalue weighted by Crippen LogP contribution is -2.02. The van der Waals surface area contributed by atoms with Crippen LogP contribution in [-0.4, -0.2) is 22.1 Å². The van der Waals surface area contributed by atoms with Gasteiger partial charge in [-0.2, -0.15) is 0 Å². The minimum Gasteiger partial charge on any atom is -0.491 e. The van der Waals surface area contributed by atoms with Crippen molar-refractivity contribution < 1.29 is 9.13 Å². The number of halogens is 3. The third-order valence-electron chi connectivity index (χ3n) is 3.17. The first kappa shape index (κ1) is 16.8. The molecule has 0 unspecified atom stereocenters. The lowest BCUT2D eigenvalue weighted by Gasteiger charge is -2.12. The molecule has 2 heterocycles. The lowest BCUT2D eigenvalue weighted by atomic mass is 10.2. The first-order valence-electron chi connectivity index (χ1n) is 6.81. The van der Waals surface area contributed by atoms with Crippen molar-refractivity contribution in [3.8, 4) is 17.1 Å². The standard InChI is InChI=1S/C16H11ClFIN4O/c1-24-14-8-21-15(10-6-9(17)2-3-11(10)18)23-16(14)22-13-4-5-20-7-12(13)19/h2-8H,1H3,(H,20,21,22,23). The van der Waals surface area contributed by atoms with Gasteiger partial charge in [0, 0.05) is 17.4 Å². The van der Waals surface area contributed by atoms with E-state index in [9.17, 15) is 4.39 Å². The second kappa shape index (κ2) is 7.27. The van der Waals surface area contributed by atoms with Crippen molar-refractivity contribution in [3.05, 3.63) is 57.3 Å². The van der Waals surface area contributed by atoms with Crippen molar-refractivity contribution in [1.82, 2.24) is 15.0 Å². The number of nitrogens with one attached hydrogen (secondary N) is 1. The number of hydrogen-bond acceptors (Lipinski definition) is 5. The van der Waals surface area contributed by atoms with Crippen molar-refractivity contribution in [2.24, 2.45) is 0 Å². The smallest absolute Gasteiger partial charge is 0.179 e. The molecule has 0 saturated carbocycles. The van der Waals surface area contributed by atoms with E-state index < -0.39 is 5.82 Å². The molecule has 1 N–H and O–H groups in total. The largest absolute Gasteiger partial charge is 0.491 e. The van der Waals surface area contributed by atoms with Gasteiger partial charge in [-0.05, 0) is 46.9 Å². The Morgan fingerprint density at radius 3 is 2.83 bits per heavy atom. The van der Waals surface area contributed by atoms with E-state index in [1.807, 2.05) is 6.07 Å². The maximum Gasteiger partial charge on any atom is 0.179 e. The molecule has 0 aliphatic heterocycles. The zero-order chi connectivity index (χ0) is 17.1. The topological polar surface area (TPSA) is 59.9 Å². The normalized spacial score (nSPS) is 10.5. The van der Waals surface area contributed by atoms with Crippen LogP contribution in [0.4, 0.5) is 15.9 Å². The zero-order valence-corrected chi connectivity index (χ0v) is 15.3. The molecule has 0 atom stereocenters. The fraction of sp³-hybridized carbons (Fsp3) is 0.0625. The molecule has 8 heteroatoms. The molecule has 0 spiro atoms. The predicted octanol–water partition coefficient (Wildman–Crippen LogP) is 4.69. The van der Waals surface area contributed by atoms with Gasteiger partial charge in [0.1, 0.15) is 5.82 Å². The Kier molecular flexibility index (Phi) is 5.10. The van der Waals surface area contributed by atoms with Gasteiger partial charge in [0.2, 0.25) is 0 Å². The molecular weight excluding hydrogens is 446 g/mol. The molecule has 3 aromatic rings. The average Bonchev–Trinajstić information content (AvgIpc) is 2.59. The van der Waals surface area contributed by atoms with E-state index in [2.05, 4.69) is 42.9 Å². The van der Waals surface area contributed by atoms with Gasteiger partial charge in [0.15, 0.2) is 17.4 Å². The minimum absolute atomic E-state index is 0.211. The molecule has 3 rings (SSSR count). The van der Waals surface area contributed by atoms with Crippen LogP contribution in [-0.2, 0) is 0 Å². The molecule has 5 nitrogen and oxygen atoms in total. The summed E-state index contributed by atoms with van der Waals surface area (Å²) in [5.41, 5.74) is 1.03. The Labute approximate surface area is 156 Å². The van der Waals surface area contributed by atoms with E-state index in [1.165, 1.54) is 31.5 Å². The van der Waals surface area contributed by atoms with E-state index in [1.54, 1.807) is 12.4 Å². The Hall–Kier alpha value is -2.00. The molecule has 2 aromatic heterocycles. The minimum atomic E-state index is -0.450. The van der Waals surface area contributed by atoms with Crippen molar-refractivity contribution in [2.75, 3.05) is 12.4 Å². The van der Waals surface area contributed by atoms with Crippen LogP contribution in [0.15, 0.2) is 42.9 Å². The molecule has 0 radical (unpaired) electrons. The zero-order valence-electron chi connectivity index (χ0n) is 12.4. The summed E-state index contributed by atoms with van der Waals surface area (Å²) in [6.07, 6.45) is 4.86. The molecule has 0 fully saturated rings. The average molecular weight is 457 g/mol. The predicted molar refractivity (Wildman–Crippen MR) is 99.2 cm³/mol. The fourth-order valence-corrected chi connectivity index (χ4v) is 2.66. The maximum absolute atomic E-state index is 14.1. The van der Waals surface area contributed by atoms with E-state index in [0.717, 1.165) is 9.26 Å². The van der Waals surface area contributed by atoms with Gasteiger partial charge in [-0.1, -0.05) is 11.6 Å². The Morgan fingerprint density at radius 1 is 1.25 bits per heavy atom. The first-order chi connectivity index (χ1) is 11.6. The van der Waals surface area contributed by atoms with Crippen LogP contribution in [0, 0.1) is 9.39 Å². The van der Waals surface area contributed by atoms with Crippen LogP contribution in [0.25, 0.3) is 11.4 Å². The third-order valence-corrected chi connectivity index (χ3v) is 4.26. The van der Waals surface area contributed by atoms with Crippen LogP contribution in [0.3, 0.4) is 0 Å². The molecule has 0 saturated heterocycles. The summed E-state index contributed by atoms with van der Waals surface area (Å²) in [6, 6.07) is 6.05. The second-order valence-electron chi connectivity index (χ2n) is 4.72. The number of methoxy groups -OCH3 is 1. The molecule has 0 aliphatic rings. The quantitative estimate of drug-likeness (QED) is 0.577. The van der Waals surface area contributed by atoms with E-state index in [4.69, 9.17) is 16.3 Å². The Balaban J connectivity index is 2.06. The maximum atomic E-state index is 14.1. The first-order valence-corrected chi connectivity index (χ1v) is 8.27. The summed E-state index contributed by atoms with van der Waals surface area (Å²) >= 11 is 8.10. The van der Waals surface area contributed by atoms with Gasteiger partial charge in [0.25, 0.3) is 0 Å². The van der Waals surface area contributed by atoms with Crippen molar-refractivity contribution in [1.29, 1.82) is 0 Å². The number of benzene rings is 1. The van der Waals surface area contributed by atoms with Gasteiger partial charge < -0.3 is 10.1 Å². The van der Waals surface area contributed by atoms with Crippen molar-refractivity contribution in [3.63, 3.8) is 0 Å². The van der Waals surface area contributed by atoms with Crippen LogP contribution in [0.2, 0.25) is 5.02 Å². The summed E-state index contributed by atoms with van der Waals surface area (Å²) in [7, 11) is 1.51. The van der Waals surface area contributed by atoms with E-state index in [0.29, 0.717) is 16.6 Å². The summed E-state index contributed by atoms with van der Waals surface area (Å²) in [4.78, 5) is 12.6. The number of ether oxygens (including phenoxy) is 1. The van der Waals surface area contributed by atoms with Gasteiger partial charge >= 0.3 is 0 Å². The second-order valence-corrected chi connectivity index (χ2v) is 6.31. The van der Waals surface area contributed by atoms with Gasteiger partial charge in [-0.3, -0.25) is 4.98 Å².